The van der Waals surface area contributed by atoms with Crippen molar-refractivity contribution in [1.29, 1.82) is 0 Å². The van der Waals surface area contributed by atoms with Gasteiger partial charge in [-0.3, -0.25) is 4.79 Å². The molecule has 0 unspecified atom stereocenters. The Morgan fingerprint density at radius 1 is 1.08 bits per heavy atom. The highest BCUT2D eigenvalue weighted by Gasteiger charge is 2.10. The number of carbonyl (C=O) groups excluding carboxylic acids is 1. The summed E-state index contributed by atoms with van der Waals surface area (Å²) < 4.78 is 5.28. The Hall–Kier alpha value is -3.05. The monoisotopic (exact) mass is 367 g/mol. The van der Waals surface area contributed by atoms with Crippen molar-refractivity contribution < 1.29 is 9.53 Å². The Kier molecular flexibility index (Phi) is 5.39. The SMILES string of the molecule is COc1ccc(C)cc1NC(=O)c1ccc(Nc2ccc(Cl)cc2)nc1. The van der Waals surface area contributed by atoms with Gasteiger partial charge in [0.1, 0.15) is 11.6 Å². The average molecular weight is 368 g/mol. The minimum Gasteiger partial charge on any atom is -0.495 e. The van der Waals surface area contributed by atoms with Gasteiger partial charge in [0.05, 0.1) is 18.4 Å². The average Bonchev–Trinajstić information content (AvgIpc) is 2.64. The quantitative estimate of drug-likeness (QED) is 0.662. The van der Waals surface area contributed by atoms with E-state index in [0.29, 0.717) is 27.8 Å². The minimum atomic E-state index is -0.251. The smallest absolute Gasteiger partial charge is 0.257 e. The summed E-state index contributed by atoms with van der Waals surface area (Å²) in [7, 11) is 1.57. The molecule has 0 spiro atoms. The van der Waals surface area contributed by atoms with Crippen molar-refractivity contribution in [2.24, 2.45) is 0 Å². The first-order valence-corrected chi connectivity index (χ1v) is 8.37. The van der Waals surface area contributed by atoms with Crippen molar-refractivity contribution in [2.75, 3.05) is 17.7 Å². The largest absolute Gasteiger partial charge is 0.495 e. The Bertz CT molecular complexity index is 909. The summed E-state index contributed by atoms with van der Waals surface area (Å²) in [5.74, 6) is 0.995. The number of ether oxygens (including phenoxy) is 1. The van der Waals surface area contributed by atoms with Crippen molar-refractivity contribution in [3.05, 3.63) is 76.9 Å². The fourth-order valence-corrected chi connectivity index (χ4v) is 2.52. The molecule has 0 radical (unpaired) electrons. The third kappa shape index (κ3) is 4.32. The van der Waals surface area contributed by atoms with Gasteiger partial charge in [0.2, 0.25) is 0 Å². The third-order valence-electron chi connectivity index (χ3n) is 3.75. The molecule has 1 amide bonds. The summed E-state index contributed by atoms with van der Waals surface area (Å²) in [6.07, 6.45) is 1.52. The molecule has 0 saturated heterocycles. The van der Waals surface area contributed by atoms with Crippen LogP contribution < -0.4 is 15.4 Å². The van der Waals surface area contributed by atoms with Crippen LogP contribution in [0.15, 0.2) is 60.8 Å². The molecular weight excluding hydrogens is 350 g/mol. The van der Waals surface area contributed by atoms with Gasteiger partial charge in [0, 0.05) is 16.9 Å². The standard InChI is InChI=1S/C20H18ClN3O2/c1-13-3-9-18(26-2)17(11-13)24-20(25)14-4-10-19(22-12-14)23-16-7-5-15(21)6-8-16/h3-12H,1-2H3,(H,22,23)(H,24,25). The molecule has 0 saturated carbocycles. The number of anilines is 3. The first kappa shape index (κ1) is 17.8. The summed E-state index contributed by atoms with van der Waals surface area (Å²) in [4.78, 5) is 16.7. The highest BCUT2D eigenvalue weighted by Crippen LogP contribution is 2.26. The lowest BCUT2D eigenvalue weighted by molar-refractivity contribution is 0.102. The van der Waals surface area contributed by atoms with Crippen molar-refractivity contribution in [3.63, 3.8) is 0 Å². The van der Waals surface area contributed by atoms with Gasteiger partial charge in [0.25, 0.3) is 5.91 Å². The normalized spacial score (nSPS) is 10.3. The lowest BCUT2D eigenvalue weighted by Gasteiger charge is -2.11. The van der Waals surface area contributed by atoms with Crippen LogP contribution in [-0.4, -0.2) is 18.0 Å². The highest BCUT2D eigenvalue weighted by molar-refractivity contribution is 6.30. The van der Waals surface area contributed by atoms with Gasteiger partial charge in [-0.15, -0.1) is 0 Å². The number of amides is 1. The number of nitrogens with one attached hydrogen (secondary N) is 2. The van der Waals surface area contributed by atoms with Crippen LogP contribution in [0.2, 0.25) is 5.02 Å². The molecule has 1 aromatic heterocycles. The first-order chi connectivity index (χ1) is 12.5. The number of methoxy groups -OCH3 is 1. The number of halogens is 1. The predicted molar refractivity (Wildman–Crippen MR) is 105 cm³/mol. The number of benzene rings is 2. The van der Waals surface area contributed by atoms with Crippen LogP contribution in [0, 0.1) is 6.92 Å². The van der Waals surface area contributed by atoms with E-state index >= 15 is 0 Å². The van der Waals surface area contributed by atoms with Gasteiger partial charge in [-0.1, -0.05) is 17.7 Å². The van der Waals surface area contributed by atoms with Crippen LogP contribution in [0.3, 0.4) is 0 Å². The zero-order chi connectivity index (χ0) is 18.5. The summed E-state index contributed by atoms with van der Waals surface area (Å²) in [6, 6.07) is 16.4. The zero-order valence-electron chi connectivity index (χ0n) is 14.4. The molecular formula is C20H18ClN3O2. The second-order valence-electron chi connectivity index (χ2n) is 5.72. The van der Waals surface area contributed by atoms with Crippen molar-refractivity contribution in [2.45, 2.75) is 6.92 Å². The number of aromatic nitrogens is 1. The molecule has 26 heavy (non-hydrogen) atoms. The van der Waals surface area contributed by atoms with Gasteiger partial charge < -0.3 is 15.4 Å². The first-order valence-electron chi connectivity index (χ1n) is 8.00. The van der Waals surface area contributed by atoms with Gasteiger partial charge in [-0.25, -0.2) is 4.98 Å². The van der Waals surface area contributed by atoms with E-state index < -0.39 is 0 Å². The van der Waals surface area contributed by atoms with E-state index in [9.17, 15) is 4.79 Å². The summed E-state index contributed by atoms with van der Waals surface area (Å²) in [6.45, 7) is 1.95. The van der Waals surface area contributed by atoms with Gasteiger partial charge in [0.15, 0.2) is 0 Å². The lowest BCUT2D eigenvalue weighted by atomic mass is 10.2. The summed E-state index contributed by atoms with van der Waals surface area (Å²) in [5.41, 5.74) is 2.97. The highest BCUT2D eigenvalue weighted by atomic mass is 35.5. The molecule has 3 aromatic rings. The molecule has 0 aliphatic carbocycles. The van der Waals surface area contributed by atoms with E-state index in [1.165, 1.54) is 6.20 Å². The Balaban J connectivity index is 1.71. The number of rotatable bonds is 5. The number of aryl methyl sites for hydroxylation is 1. The number of hydrogen-bond donors (Lipinski definition) is 2. The summed E-state index contributed by atoms with van der Waals surface area (Å²) in [5, 5.41) is 6.67. The van der Waals surface area contributed by atoms with Crippen molar-refractivity contribution in [1.82, 2.24) is 4.98 Å². The van der Waals surface area contributed by atoms with Gasteiger partial charge >= 0.3 is 0 Å². The molecule has 0 bridgehead atoms. The molecule has 5 nitrogen and oxygen atoms in total. The second kappa shape index (κ2) is 7.89. The van der Waals surface area contributed by atoms with E-state index in [-0.39, 0.29) is 5.91 Å². The van der Waals surface area contributed by atoms with E-state index in [1.54, 1.807) is 31.4 Å². The topological polar surface area (TPSA) is 63.2 Å². The number of carbonyl (C=O) groups is 1. The van der Waals surface area contributed by atoms with Crippen LogP contribution in [-0.2, 0) is 0 Å². The van der Waals surface area contributed by atoms with Gasteiger partial charge in [-0.05, 0) is 61.0 Å². The fraction of sp³-hybridized carbons (Fsp3) is 0.100. The summed E-state index contributed by atoms with van der Waals surface area (Å²) >= 11 is 5.87. The zero-order valence-corrected chi connectivity index (χ0v) is 15.2. The Morgan fingerprint density at radius 2 is 1.85 bits per heavy atom. The molecule has 0 aliphatic heterocycles. The molecule has 2 N–H and O–H groups in total. The van der Waals surface area contributed by atoms with E-state index in [1.807, 2.05) is 37.3 Å². The number of hydrogen-bond acceptors (Lipinski definition) is 4. The van der Waals surface area contributed by atoms with Crippen LogP contribution in [0.5, 0.6) is 5.75 Å². The Labute approximate surface area is 157 Å². The van der Waals surface area contributed by atoms with Crippen LogP contribution in [0.1, 0.15) is 15.9 Å². The third-order valence-corrected chi connectivity index (χ3v) is 4.00. The molecule has 0 aliphatic rings. The van der Waals surface area contributed by atoms with Gasteiger partial charge in [-0.2, -0.15) is 0 Å². The van der Waals surface area contributed by atoms with E-state index in [4.69, 9.17) is 16.3 Å². The van der Waals surface area contributed by atoms with Crippen LogP contribution >= 0.6 is 11.6 Å². The maximum Gasteiger partial charge on any atom is 0.257 e. The predicted octanol–water partition coefficient (Wildman–Crippen LogP) is 5.05. The molecule has 1 heterocycles. The fourth-order valence-electron chi connectivity index (χ4n) is 2.40. The molecule has 0 atom stereocenters. The molecule has 3 rings (SSSR count). The maximum absolute atomic E-state index is 12.5. The number of nitrogens with zero attached hydrogens (tertiary/aromatic N) is 1. The van der Waals surface area contributed by atoms with Crippen LogP contribution in [0.4, 0.5) is 17.2 Å². The van der Waals surface area contributed by atoms with Crippen molar-refractivity contribution >= 4 is 34.7 Å². The van der Waals surface area contributed by atoms with E-state index in [2.05, 4.69) is 15.6 Å². The molecule has 0 fully saturated rings. The minimum absolute atomic E-state index is 0.251. The van der Waals surface area contributed by atoms with Crippen molar-refractivity contribution in [3.8, 4) is 5.75 Å². The molecule has 132 valence electrons. The van der Waals surface area contributed by atoms with E-state index in [0.717, 1.165) is 11.3 Å². The molecule has 2 aromatic carbocycles. The maximum atomic E-state index is 12.5. The number of pyridine rings is 1. The second-order valence-corrected chi connectivity index (χ2v) is 6.16. The lowest BCUT2D eigenvalue weighted by Crippen LogP contribution is -2.13. The van der Waals surface area contributed by atoms with Crippen LogP contribution in [0.25, 0.3) is 0 Å². The Morgan fingerprint density at radius 3 is 2.50 bits per heavy atom. The molecule has 6 heteroatoms.